The average Bonchev–Trinajstić information content (AvgIpc) is 2.68. The van der Waals surface area contributed by atoms with E-state index in [9.17, 15) is 4.79 Å². The molecule has 0 aliphatic rings. The van der Waals surface area contributed by atoms with Crippen molar-refractivity contribution < 1.29 is 14.6 Å². The van der Waals surface area contributed by atoms with E-state index in [1.165, 1.54) is 11.8 Å². The van der Waals surface area contributed by atoms with Crippen LogP contribution in [-0.4, -0.2) is 31.2 Å². The first-order valence-corrected chi connectivity index (χ1v) is 10.7. The third-order valence-corrected chi connectivity index (χ3v) is 5.87. The maximum atomic E-state index is 12.6. The van der Waals surface area contributed by atoms with Gasteiger partial charge in [-0.15, -0.1) is 11.8 Å². The predicted octanol–water partition coefficient (Wildman–Crippen LogP) is 3.63. The Kier molecular flexibility index (Phi) is 6.59. The molecular weight excluding hydrogens is 395 g/mol. The molecule has 0 spiro atoms. The topological polar surface area (TPSA) is 121 Å². The Balaban J connectivity index is 1.75. The number of benzene rings is 2. The summed E-state index contributed by atoms with van der Waals surface area (Å²) in [4.78, 5) is 39.9. The highest BCUT2D eigenvalue weighted by Crippen LogP contribution is 2.33. The van der Waals surface area contributed by atoms with Gasteiger partial charge in [0.2, 0.25) is 0 Å². The number of nitrogens with zero attached hydrogens (tertiary/aromatic N) is 2. The normalized spacial score (nSPS) is 10.9. The molecule has 2 aromatic carbocycles. The van der Waals surface area contributed by atoms with Crippen LogP contribution in [-0.2, 0) is 0 Å². The van der Waals surface area contributed by atoms with Crippen LogP contribution in [0.5, 0.6) is 0 Å². The molecule has 9 heteroatoms. The molecule has 0 bridgehead atoms. The summed E-state index contributed by atoms with van der Waals surface area (Å²) in [6, 6.07) is 14.8. The summed E-state index contributed by atoms with van der Waals surface area (Å²) in [6.07, 6.45) is 1.54. The molecule has 28 heavy (non-hydrogen) atoms. The van der Waals surface area contributed by atoms with Gasteiger partial charge in [-0.25, -0.2) is 9.97 Å². The lowest BCUT2D eigenvalue weighted by Crippen LogP contribution is -2.17. The summed E-state index contributed by atoms with van der Waals surface area (Å²) in [5.41, 5.74) is 9.26. The molecule has 0 saturated carbocycles. The number of carbonyl (C=O) groups excluding carboxylic acids is 1. The van der Waals surface area contributed by atoms with Gasteiger partial charge in [0.25, 0.3) is 5.91 Å². The third kappa shape index (κ3) is 5.27. The molecule has 5 N–H and O–H groups in total. The molecule has 0 unspecified atom stereocenters. The van der Waals surface area contributed by atoms with E-state index in [-0.39, 0.29) is 17.0 Å². The van der Waals surface area contributed by atoms with Crippen molar-refractivity contribution in [3.63, 3.8) is 0 Å². The van der Waals surface area contributed by atoms with Crippen molar-refractivity contribution >= 4 is 37.5 Å². The van der Waals surface area contributed by atoms with Gasteiger partial charge in [-0.2, -0.15) is 0 Å². The number of hydrogen-bond donors (Lipinski definition) is 4. The highest BCUT2D eigenvalue weighted by atomic mass is 32.2. The van der Waals surface area contributed by atoms with E-state index in [1.54, 1.807) is 30.5 Å². The van der Waals surface area contributed by atoms with Crippen LogP contribution in [0.15, 0.2) is 59.6 Å². The van der Waals surface area contributed by atoms with Gasteiger partial charge in [-0.3, -0.25) is 4.79 Å². The van der Waals surface area contributed by atoms with Gasteiger partial charge in [0, 0.05) is 16.1 Å². The van der Waals surface area contributed by atoms with Crippen molar-refractivity contribution in [2.45, 2.75) is 11.8 Å². The predicted molar refractivity (Wildman–Crippen MR) is 113 cm³/mol. The van der Waals surface area contributed by atoms with Gasteiger partial charge < -0.3 is 20.8 Å². The molecule has 1 amide bonds. The molecule has 0 radical (unpaired) electrons. The molecule has 0 atom stereocenters. The van der Waals surface area contributed by atoms with E-state index in [2.05, 4.69) is 15.3 Å². The van der Waals surface area contributed by atoms with Crippen LogP contribution in [0.2, 0.25) is 0 Å². The molecule has 7 nitrogen and oxygen atoms in total. The van der Waals surface area contributed by atoms with E-state index in [4.69, 9.17) is 15.5 Å². The number of nitrogens with two attached hydrogens (primary N) is 1. The van der Waals surface area contributed by atoms with Crippen LogP contribution in [0, 0.1) is 6.92 Å². The number of anilines is 2. The largest absolute Gasteiger partial charge is 0.382 e. The summed E-state index contributed by atoms with van der Waals surface area (Å²) in [7, 11) is -1.94. The van der Waals surface area contributed by atoms with E-state index >= 15 is 0 Å². The summed E-state index contributed by atoms with van der Waals surface area (Å²) in [5.74, 6) is -0.395. The van der Waals surface area contributed by atoms with E-state index in [1.807, 2.05) is 31.2 Å². The molecule has 0 aliphatic carbocycles. The van der Waals surface area contributed by atoms with Crippen molar-refractivity contribution in [1.82, 2.24) is 9.97 Å². The molecule has 3 rings (SSSR count). The Hall–Kier alpha value is -2.51. The SMILES string of the molecule is Cc1ccc(-c2cnc(N)c(C(=O)Nc3ccc(SCP(O)O)cc3)n2)cc1. The lowest BCUT2D eigenvalue weighted by Gasteiger charge is -2.09. The van der Waals surface area contributed by atoms with E-state index in [0.717, 1.165) is 16.0 Å². The molecule has 1 aromatic heterocycles. The van der Waals surface area contributed by atoms with Gasteiger partial charge in [0.1, 0.15) is 0 Å². The summed E-state index contributed by atoms with van der Waals surface area (Å²) >= 11 is 1.33. The van der Waals surface area contributed by atoms with Gasteiger partial charge in [-0.05, 0) is 31.2 Å². The zero-order valence-electron chi connectivity index (χ0n) is 15.0. The minimum absolute atomic E-state index is 0.0554. The summed E-state index contributed by atoms with van der Waals surface area (Å²) in [5, 5.41) is 2.75. The lowest BCUT2D eigenvalue weighted by atomic mass is 10.1. The van der Waals surface area contributed by atoms with Gasteiger partial charge in [0.05, 0.1) is 17.4 Å². The minimum Gasteiger partial charge on any atom is -0.382 e. The number of nitrogens with one attached hydrogen (secondary N) is 1. The van der Waals surface area contributed by atoms with Gasteiger partial charge >= 0.3 is 0 Å². The van der Waals surface area contributed by atoms with Crippen molar-refractivity contribution in [3.05, 3.63) is 66.0 Å². The second-order valence-electron chi connectivity index (χ2n) is 5.98. The number of hydrogen-bond acceptors (Lipinski definition) is 7. The summed E-state index contributed by atoms with van der Waals surface area (Å²) in [6.45, 7) is 1.99. The Morgan fingerprint density at radius 2 is 1.82 bits per heavy atom. The fraction of sp³-hybridized carbons (Fsp3) is 0.105. The summed E-state index contributed by atoms with van der Waals surface area (Å²) < 4.78 is 0. The van der Waals surface area contributed by atoms with E-state index < -0.39 is 14.3 Å². The third-order valence-electron chi connectivity index (χ3n) is 3.82. The Morgan fingerprint density at radius 1 is 1.14 bits per heavy atom. The molecule has 3 aromatic rings. The minimum atomic E-state index is -1.94. The molecule has 0 aliphatic heterocycles. The maximum Gasteiger partial charge on any atom is 0.278 e. The Bertz CT molecular complexity index is 966. The number of rotatable bonds is 6. The van der Waals surface area contributed by atoms with Crippen molar-refractivity contribution in [3.8, 4) is 11.3 Å². The monoisotopic (exact) mass is 414 g/mol. The zero-order chi connectivity index (χ0) is 20.1. The van der Waals surface area contributed by atoms with Crippen LogP contribution >= 0.6 is 20.1 Å². The first-order valence-electron chi connectivity index (χ1n) is 8.31. The van der Waals surface area contributed by atoms with Crippen molar-refractivity contribution in [2.24, 2.45) is 0 Å². The number of aryl methyl sites for hydroxylation is 1. The second kappa shape index (κ2) is 9.12. The number of amides is 1. The van der Waals surface area contributed by atoms with Gasteiger partial charge in [-0.1, -0.05) is 29.8 Å². The lowest BCUT2D eigenvalue weighted by molar-refractivity contribution is 0.102. The smallest absolute Gasteiger partial charge is 0.278 e. The number of carbonyl (C=O) groups is 1. The first-order chi connectivity index (χ1) is 13.4. The highest BCUT2D eigenvalue weighted by molar-refractivity contribution is 8.03. The van der Waals surface area contributed by atoms with Crippen LogP contribution in [0.25, 0.3) is 11.3 Å². The molecular formula is C19H19N4O3PS. The van der Waals surface area contributed by atoms with Crippen LogP contribution < -0.4 is 11.1 Å². The number of nitrogen functional groups attached to an aromatic ring is 1. The number of aromatic nitrogens is 2. The van der Waals surface area contributed by atoms with Crippen LogP contribution in [0.4, 0.5) is 11.5 Å². The standard InChI is InChI=1S/C19H19N4O3PS/c1-12-2-4-13(5-3-12)16-10-21-18(20)17(23-16)19(24)22-14-6-8-15(9-7-14)28-11-27(25)26/h2-10,25-26H,11H2,1H3,(H2,20,21)(H,22,24). The van der Waals surface area contributed by atoms with Crippen LogP contribution in [0.1, 0.15) is 16.1 Å². The fourth-order valence-electron chi connectivity index (χ4n) is 2.39. The first kappa shape index (κ1) is 20.2. The quantitative estimate of drug-likeness (QED) is 0.359. The number of thioether (sulfide) groups is 1. The molecule has 0 fully saturated rings. The average molecular weight is 414 g/mol. The van der Waals surface area contributed by atoms with Crippen molar-refractivity contribution in [2.75, 3.05) is 16.5 Å². The highest BCUT2D eigenvalue weighted by Gasteiger charge is 2.15. The second-order valence-corrected chi connectivity index (χ2v) is 8.52. The Morgan fingerprint density at radius 3 is 2.46 bits per heavy atom. The van der Waals surface area contributed by atoms with Crippen molar-refractivity contribution in [1.29, 1.82) is 0 Å². The molecule has 1 heterocycles. The zero-order valence-corrected chi connectivity index (χ0v) is 16.7. The fourth-order valence-corrected chi connectivity index (χ4v) is 3.77. The Labute approximate surface area is 168 Å². The molecule has 144 valence electrons. The molecule has 0 saturated heterocycles. The maximum absolute atomic E-state index is 12.6. The van der Waals surface area contributed by atoms with Crippen LogP contribution in [0.3, 0.4) is 0 Å². The van der Waals surface area contributed by atoms with Gasteiger partial charge in [0.15, 0.2) is 19.9 Å². The van der Waals surface area contributed by atoms with E-state index in [0.29, 0.717) is 11.4 Å².